The zero-order valence-electron chi connectivity index (χ0n) is 9.54. The molecule has 84 valence electrons. The van der Waals surface area contributed by atoms with E-state index in [0.717, 1.165) is 17.3 Å². The summed E-state index contributed by atoms with van der Waals surface area (Å²) in [5.74, 6) is -0.217. The molecule has 0 N–H and O–H groups in total. The van der Waals surface area contributed by atoms with E-state index in [1.165, 1.54) is 37.0 Å². The molecule has 0 atom stereocenters. The fourth-order valence-corrected chi connectivity index (χ4v) is 1.96. The number of pyridine rings is 1. The minimum atomic E-state index is -0.217. The summed E-state index contributed by atoms with van der Waals surface area (Å²) in [6.45, 7) is 2.19. The van der Waals surface area contributed by atoms with Gasteiger partial charge in [0, 0.05) is 17.6 Å². The van der Waals surface area contributed by atoms with Gasteiger partial charge in [0.25, 0.3) is 0 Å². The van der Waals surface area contributed by atoms with Crippen LogP contribution < -0.4 is 0 Å². The predicted molar refractivity (Wildman–Crippen MR) is 64.9 cm³/mol. The molecule has 0 spiro atoms. The summed E-state index contributed by atoms with van der Waals surface area (Å²) < 4.78 is 13.0. The SMILES string of the molecule is CCCCCc1ccnc2cc(F)ccc12. The lowest BCUT2D eigenvalue weighted by Gasteiger charge is -2.05. The maximum absolute atomic E-state index is 13.0. The second kappa shape index (κ2) is 5.06. The van der Waals surface area contributed by atoms with E-state index in [1.807, 2.05) is 12.1 Å². The number of aromatic nitrogens is 1. The van der Waals surface area contributed by atoms with Crippen LogP contribution in [0.4, 0.5) is 4.39 Å². The normalized spacial score (nSPS) is 10.9. The lowest BCUT2D eigenvalue weighted by molar-refractivity contribution is 0.629. The Balaban J connectivity index is 2.30. The van der Waals surface area contributed by atoms with Crippen molar-refractivity contribution in [3.63, 3.8) is 0 Å². The van der Waals surface area contributed by atoms with E-state index in [0.29, 0.717) is 0 Å². The van der Waals surface area contributed by atoms with Crippen molar-refractivity contribution in [1.29, 1.82) is 0 Å². The molecule has 0 radical (unpaired) electrons. The number of hydrogen-bond acceptors (Lipinski definition) is 1. The summed E-state index contributed by atoms with van der Waals surface area (Å²) in [7, 11) is 0. The van der Waals surface area contributed by atoms with Gasteiger partial charge in [0.1, 0.15) is 5.82 Å². The molecule has 0 unspecified atom stereocenters. The van der Waals surface area contributed by atoms with Gasteiger partial charge in [-0.15, -0.1) is 0 Å². The summed E-state index contributed by atoms with van der Waals surface area (Å²) in [5, 5.41) is 1.08. The van der Waals surface area contributed by atoms with Gasteiger partial charge in [-0.25, -0.2) is 4.39 Å². The van der Waals surface area contributed by atoms with Crippen LogP contribution in [0.25, 0.3) is 10.9 Å². The molecule has 2 aromatic rings. The highest BCUT2D eigenvalue weighted by Crippen LogP contribution is 2.19. The lowest BCUT2D eigenvalue weighted by atomic mass is 10.0. The van der Waals surface area contributed by atoms with Crippen molar-refractivity contribution in [1.82, 2.24) is 4.98 Å². The van der Waals surface area contributed by atoms with Gasteiger partial charge in [-0.3, -0.25) is 4.98 Å². The molecule has 1 aromatic carbocycles. The summed E-state index contributed by atoms with van der Waals surface area (Å²) >= 11 is 0. The predicted octanol–water partition coefficient (Wildman–Crippen LogP) is 4.11. The van der Waals surface area contributed by atoms with E-state index >= 15 is 0 Å². The Morgan fingerprint density at radius 3 is 2.88 bits per heavy atom. The number of nitrogens with zero attached hydrogens (tertiary/aromatic N) is 1. The number of hydrogen-bond donors (Lipinski definition) is 0. The standard InChI is InChI=1S/C14H16FN/c1-2-3-4-5-11-8-9-16-14-10-12(15)6-7-13(11)14/h6-10H,2-5H2,1H3. The second-order valence-corrected chi connectivity index (χ2v) is 4.09. The second-order valence-electron chi connectivity index (χ2n) is 4.09. The average molecular weight is 217 g/mol. The smallest absolute Gasteiger partial charge is 0.125 e. The Hall–Kier alpha value is -1.44. The molecule has 2 heteroatoms. The van der Waals surface area contributed by atoms with Gasteiger partial charge in [-0.2, -0.15) is 0 Å². The van der Waals surface area contributed by atoms with Gasteiger partial charge in [-0.1, -0.05) is 19.8 Å². The Labute approximate surface area is 95.3 Å². The van der Waals surface area contributed by atoms with E-state index in [2.05, 4.69) is 11.9 Å². The van der Waals surface area contributed by atoms with Gasteiger partial charge in [0.15, 0.2) is 0 Å². The van der Waals surface area contributed by atoms with Gasteiger partial charge in [0.2, 0.25) is 0 Å². The first-order valence-corrected chi connectivity index (χ1v) is 5.84. The van der Waals surface area contributed by atoms with Crippen LogP contribution in [0.15, 0.2) is 30.5 Å². The van der Waals surface area contributed by atoms with Crippen LogP contribution in [0, 0.1) is 5.82 Å². The molecule has 1 nitrogen and oxygen atoms in total. The fourth-order valence-electron chi connectivity index (χ4n) is 1.96. The van der Waals surface area contributed by atoms with Gasteiger partial charge in [0.05, 0.1) is 5.52 Å². The first-order chi connectivity index (χ1) is 7.81. The number of halogens is 1. The van der Waals surface area contributed by atoms with Gasteiger partial charge < -0.3 is 0 Å². The number of aryl methyl sites for hydroxylation is 1. The summed E-state index contributed by atoms with van der Waals surface area (Å²) in [4.78, 5) is 4.19. The Morgan fingerprint density at radius 1 is 1.19 bits per heavy atom. The molecule has 16 heavy (non-hydrogen) atoms. The summed E-state index contributed by atoms with van der Waals surface area (Å²) in [5.41, 5.74) is 2.03. The van der Waals surface area contributed by atoms with Crippen LogP contribution >= 0.6 is 0 Å². The van der Waals surface area contributed by atoms with Crippen molar-refractivity contribution in [2.75, 3.05) is 0 Å². The Morgan fingerprint density at radius 2 is 2.06 bits per heavy atom. The third-order valence-corrected chi connectivity index (χ3v) is 2.84. The minimum absolute atomic E-state index is 0.217. The van der Waals surface area contributed by atoms with Gasteiger partial charge >= 0.3 is 0 Å². The quantitative estimate of drug-likeness (QED) is 0.702. The van der Waals surface area contributed by atoms with E-state index < -0.39 is 0 Å². The van der Waals surface area contributed by atoms with Crippen LogP contribution in [0.2, 0.25) is 0 Å². The molecular formula is C14H16FN. The monoisotopic (exact) mass is 217 g/mol. The molecular weight excluding hydrogens is 201 g/mol. The first-order valence-electron chi connectivity index (χ1n) is 5.84. The van der Waals surface area contributed by atoms with E-state index in [1.54, 1.807) is 6.20 Å². The van der Waals surface area contributed by atoms with Crippen LogP contribution in [-0.2, 0) is 6.42 Å². The maximum Gasteiger partial charge on any atom is 0.125 e. The molecule has 0 saturated heterocycles. The average Bonchev–Trinajstić information content (AvgIpc) is 2.29. The minimum Gasteiger partial charge on any atom is -0.256 e. The number of benzene rings is 1. The summed E-state index contributed by atoms with van der Waals surface area (Å²) in [6, 6.07) is 6.88. The molecule has 0 fully saturated rings. The summed E-state index contributed by atoms with van der Waals surface area (Å²) in [6.07, 6.45) is 6.47. The molecule has 0 saturated carbocycles. The van der Waals surface area contributed by atoms with Crippen molar-refractivity contribution in [3.05, 3.63) is 41.8 Å². The highest BCUT2D eigenvalue weighted by molar-refractivity contribution is 5.81. The zero-order valence-corrected chi connectivity index (χ0v) is 9.54. The molecule has 0 aliphatic carbocycles. The highest BCUT2D eigenvalue weighted by Gasteiger charge is 2.02. The first kappa shape index (κ1) is 11.1. The fraction of sp³-hybridized carbons (Fsp3) is 0.357. The Kier molecular flexibility index (Phi) is 3.50. The van der Waals surface area contributed by atoms with Crippen LogP contribution in [0.3, 0.4) is 0 Å². The number of fused-ring (bicyclic) bond motifs is 1. The largest absolute Gasteiger partial charge is 0.256 e. The Bertz CT molecular complexity index is 479. The molecule has 1 aromatic heterocycles. The van der Waals surface area contributed by atoms with Crippen molar-refractivity contribution < 1.29 is 4.39 Å². The molecule has 0 bridgehead atoms. The molecule has 0 amide bonds. The van der Waals surface area contributed by atoms with E-state index in [-0.39, 0.29) is 5.82 Å². The lowest BCUT2D eigenvalue weighted by Crippen LogP contribution is -1.90. The number of unbranched alkanes of at least 4 members (excludes halogenated alkanes) is 2. The maximum atomic E-state index is 13.0. The zero-order chi connectivity index (χ0) is 11.4. The van der Waals surface area contributed by atoms with Gasteiger partial charge in [-0.05, 0) is 36.6 Å². The third kappa shape index (κ3) is 2.38. The number of rotatable bonds is 4. The topological polar surface area (TPSA) is 12.9 Å². The molecule has 0 aliphatic heterocycles. The van der Waals surface area contributed by atoms with E-state index in [4.69, 9.17) is 0 Å². The third-order valence-electron chi connectivity index (χ3n) is 2.84. The van der Waals surface area contributed by atoms with Crippen molar-refractivity contribution in [3.8, 4) is 0 Å². The molecule has 2 rings (SSSR count). The van der Waals surface area contributed by atoms with Crippen molar-refractivity contribution in [2.24, 2.45) is 0 Å². The van der Waals surface area contributed by atoms with Crippen LogP contribution in [-0.4, -0.2) is 4.98 Å². The molecule has 1 heterocycles. The van der Waals surface area contributed by atoms with Crippen LogP contribution in [0.5, 0.6) is 0 Å². The van der Waals surface area contributed by atoms with Crippen LogP contribution in [0.1, 0.15) is 31.7 Å². The highest BCUT2D eigenvalue weighted by atomic mass is 19.1. The van der Waals surface area contributed by atoms with Crippen molar-refractivity contribution in [2.45, 2.75) is 32.6 Å². The van der Waals surface area contributed by atoms with E-state index in [9.17, 15) is 4.39 Å². The molecule has 0 aliphatic rings. The van der Waals surface area contributed by atoms with Crippen molar-refractivity contribution >= 4 is 10.9 Å².